The Balaban J connectivity index is 1.97. The van der Waals surface area contributed by atoms with Crippen LogP contribution in [0.3, 0.4) is 0 Å². The van der Waals surface area contributed by atoms with Gasteiger partial charge in [-0.15, -0.1) is 0 Å². The van der Waals surface area contributed by atoms with E-state index in [0.29, 0.717) is 6.04 Å². The molecule has 0 atom stereocenters. The first kappa shape index (κ1) is 16.3. The number of esters is 1. The van der Waals surface area contributed by atoms with Crippen molar-refractivity contribution in [2.75, 3.05) is 7.11 Å². The summed E-state index contributed by atoms with van der Waals surface area (Å²) in [5.41, 5.74) is 1.69. The van der Waals surface area contributed by atoms with Crippen LogP contribution in [0.5, 0.6) is 5.75 Å². The lowest BCUT2D eigenvalue weighted by Gasteiger charge is -2.24. The molecule has 0 bridgehead atoms. The number of ether oxygens (including phenoxy) is 1. The van der Waals surface area contributed by atoms with Gasteiger partial charge < -0.3 is 14.4 Å². The highest BCUT2D eigenvalue weighted by Crippen LogP contribution is 2.33. The molecular weight excluding hydrogens is 304 g/mol. The molecule has 24 heavy (non-hydrogen) atoms. The third kappa shape index (κ3) is 3.67. The van der Waals surface area contributed by atoms with Crippen molar-refractivity contribution in [1.29, 1.82) is 0 Å². The maximum atomic E-state index is 11.3. The van der Waals surface area contributed by atoms with E-state index in [0.717, 1.165) is 29.9 Å². The summed E-state index contributed by atoms with van der Waals surface area (Å²) in [7, 11) is 1.36. The van der Waals surface area contributed by atoms with Crippen LogP contribution in [0, 0.1) is 0 Å². The van der Waals surface area contributed by atoms with E-state index in [1.54, 1.807) is 18.2 Å². The number of carbonyl (C=O) groups excluding carboxylic acids is 1. The Labute approximate surface area is 141 Å². The first-order valence-electron chi connectivity index (χ1n) is 8.31. The van der Waals surface area contributed by atoms with Crippen LogP contribution < -0.4 is 0 Å². The molecule has 5 heteroatoms. The summed E-state index contributed by atoms with van der Waals surface area (Å²) in [5.74, 6) is 0.708. The summed E-state index contributed by atoms with van der Waals surface area (Å²) in [6, 6.07) is 7.49. The molecule has 0 radical (unpaired) electrons. The highest BCUT2D eigenvalue weighted by molar-refractivity contribution is 5.86. The van der Waals surface area contributed by atoms with Crippen molar-refractivity contribution in [2.45, 2.75) is 38.1 Å². The second-order valence-electron chi connectivity index (χ2n) is 6.09. The van der Waals surface area contributed by atoms with E-state index < -0.39 is 5.97 Å². The number of hydrogen-bond acceptors (Lipinski definition) is 4. The molecule has 1 N–H and O–H groups in total. The van der Waals surface area contributed by atoms with Crippen molar-refractivity contribution in [3.8, 4) is 17.1 Å². The third-order valence-corrected chi connectivity index (χ3v) is 4.44. The zero-order valence-corrected chi connectivity index (χ0v) is 13.8. The van der Waals surface area contributed by atoms with Gasteiger partial charge in [0.15, 0.2) is 0 Å². The largest absolute Gasteiger partial charge is 0.508 e. The van der Waals surface area contributed by atoms with Gasteiger partial charge in [0, 0.05) is 23.9 Å². The Bertz CT molecular complexity index is 726. The van der Waals surface area contributed by atoms with Gasteiger partial charge in [-0.2, -0.15) is 0 Å². The summed E-state index contributed by atoms with van der Waals surface area (Å²) in [5, 5.41) is 9.51. The maximum absolute atomic E-state index is 11.3. The normalized spacial score (nSPS) is 15.7. The second-order valence-corrected chi connectivity index (χ2v) is 6.09. The van der Waals surface area contributed by atoms with Gasteiger partial charge in [-0.3, -0.25) is 0 Å². The van der Waals surface area contributed by atoms with E-state index in [2.05, 4.69) is 14.3 Å². The molecule has 5 nitrogen and oxygen atoms in total. The van der Waals surface area contributed by atoms with Gasteiger partial charge in [-0.05, 0) is 43.2 Å². The number of aromatic nitrogens is 2. The number of methoxy groups -OCH3 is 1. The van der Waals surface area contributed by atoms with Gasteiger partial charge in [-0.25, -0.2) is 9.78 Å². The monoisotopic (exact) mass is 326 g/mol. The molecule has 1 heterocycles. The van der Waals surface area contributed by atoms with E-state index in [-0.39, 0.29) is 5.75 Å². The van der Waals surface area contributed by atoms with Crippen molar-refractivity contribution in [1.82, 2.24) is 9.55 Å². The van der Waals surface area contributed by atoms with E-state index in [1.807, 2.05) is 18.3 Å². The predicted molar refractivity (Wildman–Crippen MR) is 92.5 cm³/mol. The van der Waals surface area contributed by atoms with Gasteiger partial charge in [0.1, 0.15) is 11.6 Å². The second kappa shape index (κ2) is 7.34. The van der Waals surface area contributed by atoms with Crippen molar-refractivity contribution in [3.05, 3.63) is 42.2 Å². The average molecular weight is 326 g/mol. The fourth-order valence-electron chi connectivity index (χ4n) is 3.18. The number of benzene rings is 1. The molecule has 0 spiro atoms. The van der Waals surface area contributed by atoms with Crippen LogP contribution in [0.4, 0.5) is 0 Å². The van der Waals surface area contributed by atoms with E-state index in [1.165, 1.54) is 32.4 Å². The van der Waals surface area contributed by atoms with Crippen LogP contribution in [-0.2, 0) is 9.53 Å². The molecule has 0 aliphatic heterocycles. The third-order valence-electron chi connectivity index (χ3n) is 4.44. The lowest BCUT2D eigenvalue weighted by molar-refractivity contribution is -0.134. The zero-order valence-electron chi connectivity index (χ0n) is 13.8. The molecule has 0 amide bonds. The smallest absolute Gasteiger partial charge is 0.330 e. The van der Waals surface area contributed by atoms with E-state index in [9.17, 15) is 9.90 Å². The van der Waals surface area contributed by atoms with Crippen molar-refractivity contribution in [2.24, 2.45) is 0 Å². The number of carbonyl (C=O) groups is 1. The minimum Gasteiger partial charge on any atom is -0.508 e. The number of rotatable bonds is 4. The fraction of sp³-hybridized carbons (Fsp3) is 0.368. The van der Waals surface area contributed by atoms with Crippen LogP contribution in [0.2, 0.25) is 0 Å². The minimum atomic E-state index is -0.395. The molecule has 3 rings (SSSR count). The summed E-state index contributed by atoms with van der Waals surface area (Å²) in [6.45, 7) is 0. The van der Waals surface area contributed by atoms with Gasteiger partial charge in [0.05, 0.1) is 12.8 Å². The highest BCUT2D eigenvalue weighted by Gasteiger charge is 2.20. The van der Waals surface area contributed by atoms with E-state index in [4.69, 9.17) is 0 Å². The highest BCUT2D eigenvalue weighted by atomic mass is 16.5. The fourth-order valence-corrected chi connectivity index (χ4v) is 3.18. The van der Waals surface area contributed by atoms with Crippen LogP contribution in [0.25, 0.3) is 17.5 Å². The summed E-state index contributed by atoms with van der Waals surface area (Å²) >= 11 is 0. The van der Waals surface area contributed by atoms with Crippen molar-refractivity contribution >= 4 is 12.0 Å². The first-order valence-corrected chi connectivity index (χ1v) is 8.31. The maximum Gasteiger partial charge on any atom is 0.330 e. The van der Waals surface area contributed by atoms with Crippen molar-refractivity contribution in [3.63, 3.8) is 0 Å². The van der Waals surface area contributed by atoms with Gasteiger partial charge >= 0.3 is 5.97 Å². The zero-order chi connectivity index (χ0) is 16.9. The van der Waals surface area contributed by atoms with Crippen LogP contribution in [0.1, 0.15) is 43.8 Å². The SMILES string of the molecule is COC(=O)C=Cc1cn(C2CCCCC2)c(-c2ccc(O)cc2)n1. The Kier molecular flexibility index (Phi) is 4.99. The molecule has 1 aliphatic rings. The Morgan fingerprint density at radius 1 is 1.25 bits per heavy atom. The lowest BCUT2D eigenvalue weighted by atomic mass is 9.95. The van der Waals surface area contributed by atoms with Gasteiger partial charge in [-0.1, -0.05) is 19.3 Å². The molecule has 1 aliphatic carbocycles. The molecule has 1 saturated carbocycles. The number of hydrogen-bond donors (Lipinski definition) is 1. The van der Waals surface area contributed by atoms with Crippen LogP contribution in [-0.4, -0.2) is 27.7 Å². The first-order chi connectivity index (χ1) is 11.7. The lowest BCUT2D eigenvalue weighted by Crippen LogP contribution is -2.13. The van der Waals surface area contributed by atoms with Crippen LogP contribution in [0.15, 0.2) is 36.5 Å². The standard InChI is InChI=1S/C19H22N2O3/c1-24-18(23)12-9-15-13-21(16-5-3-2-4-6-16)19(20-15)14-7-10-17(22)11-8-14/h7-13,16,22H,2-6H2,1H3. The predicted octanol–water partition coefficient (Wildman–Crippen LogP) is 3.95. The molecule has 0 unspecified atom stereocenters. The Morgan fingerprint density at radius 3 is 2.62 bits per heavy atom. The van der Waals surface area contributed by atoms with Gasteiger partial charge in [0.2, 0.25) is 0 Å². The quantitative estimate of drug-likeness (QED) is 0.682. The number of phenolic OH excluding ortho intramolecular Hbond substituents is 1. The summed E-state index contributed by atoms with van der Waals surface area (Å²) in [4.78, 5) is 16.0. The van der Waals surface area contributed by atoms with Crippen LogP contribution >= 0.6 is 0 Å². The molecule has 2 aromatic rings. The number of imidazole rings is 1. The van der Waals surface area contributed by atoms with E-state index >= 15 is 0 Å². The molecular formula is C19H22N2O3. The Hall–Kier alpha value is -2.56. The number of nitrogens with zero attached hydrogens (tertiary/aromatic N) is 2. The summed E-state index contributed by atoms with van der Waals surface area (Å²) in [6.07, 6.45) is 11.1. The topological polar surface area (TPSA) is 64.3 Å². The number of phenols is 1. The average Bonchev–Trinajstić information content (AvgIpc) is 3.05. The molecule has 1 fully saturated rings. The minimum absolute atomic E-state index is 0.236. The Morgan fingerprint density at radius 2 is 1.96 bits per heavy atom. The van der Waals surface area contributed by atoms with Gasteiger partial charge in [0.25, 0.3) is 0 Å². The molecule has 126 valence electrons. The summed E-state index contributed by atoms with van der Waals surface area (Å²) < 4.78 is 6.85. The molecule has 0 saturated heterocycles. The van der Waals surface area contributed by atoms with Crippen molar-refractivity contribution < 1.29 is 14.6 Å². The number of aromatic hydroxyl groups is 1. The molecule has 1 aromatic carbocycles. The molecule has 1 aromatic heterocycles.